The zero-order valence-corrected chi connectivity index (χ0v) is 34.4. The Labute approximate surface area is 387 Å². The third-order valence-corrected chi connectivity index (χ3v) is 12.1. The average Bonchev–Trinajstić information content (AvgIpc) is 3.78. The molecule has 0 saturated carbocycles. The number of para-hydroxylation sites is 1. The van der Waals surface area contributed by atoms with Crippen molar-refractivity contribution in [2.45, 2.75) is 0 Å². The van der Waals surface area contributed by atoms with Crippen LogP contribution in [0, 0.1) is 0 Å². The second-order valence-electron chi connectivity index (χ2n) is 15.8. The molecule has 64 heavy (non-hydrogen) atoms. The normalized spacial score (nSPS) is 13.6. The molecule has 1 heterocycles. The van der Waals surface area contributed by atoms with E-state index in [0.29, 0.717) is 11.4 Å². The maximum atomic E-state index is 8.94. The number of rotatable bonds is 8. The number of aromatic nitrogens is 1. The zero-order chi connectivity index (χ0) is 51.1. The van der Waals surface area contributed by atoms with Crippen LogP contribution < -0.4 is 4.90 Å². The topological polar surface area (TPSA) is 8.17 Å². The van der Waals surface area contributed by atoms with Crippen molar-refractivity contribution in [2.75, 3.05) is 4.90 Å². The first-order valence-electron chi connectivity index (χ1n) is 26.2. The van der Waals surface area contributed by atoms with Gasteiger partial charge in [0, 0.05) is 33.5 Å². The van der Waals surface area contributed by atoms with Crippen LogP contribution in [0.3, 0.4) is 0 Å². The molecule has 11 aromatic carbocycles. The first kappa shape index (κ1) is 28.2. The van der Waals surface area contributed by atoms with E-state index in [-0.39, 0.29) is 22.3 Å². The van der Waals surface area contributed by atoms with Gasteiger partial charge >= 0.3 is 0 Å². The summed E-state index contributed by atoms with van der Waals surface area (Å²) in [6, 6.07) is 60.7. The number of benzene rings is 11. The largest absolute Gasteiger partial charge is 0.310 e. The van der Waals surface area contributed by atoms with Crippen molar-refractivity contribution in [3.63, 3.8) is 0 Å². The van der Waals surface area contributed by atoms with E-state index in [2.05, 4.69) is 126 Å². The summed E-state index contributed by atoms with van der Waals surface area (Å²) in [5, 5.41) is 7.02. The van der Waals surface area contributed by atoms with E-state index < -0.39 is 60.4 Å². The minimum absolute atomic E-state index is 0.0867. The molecule has 300 valence electrons. The highest BCUT2D eigenvalue weighted by Crippen LogP contribution is 2.42. The molecule has 0 atom stereocenters. The molecule has 0 aliphatic rings. The van der Waals surface area contributed by atoms with Gasteiger partial charge in [-0.3, -0.25) is 0 Å². The molecule has 0 bridgehead atoms. The van der Waals surface area contributed by atoms with Crippen LogP contribution in [0.2, 0.25) is 0 Å². The Morgan fingerprint density at radius 3 is 1.61 bits per heavy atom. The van der Waals surface area contributed by atoms with E-state index in [9.17, 15) is 0 Å². The van der Waals surface area contributed by atoms with Crippen LogP contribution in [-0.2, 0) is 0 Å². The second kappa shape index (κ2) is 15.8. The van der Waals surface area contributed by atoms with Gasteiger partial charge in [0.1, 0.15) is 0 Å². The highest BCUT2D eigenvalue weighted by Gasteiger charge is 2.19. The summed E-state index contributed by atoms with van der Waals surface area (Å²) in [4.78, 5) is 1.94. The van der Waals surface area contributed by atoms with Crippen molar-refractivity contribution >= 4 is 60.4 Å². The highest BCUT2D eigenvalue weighted by atomic mass is 15.1. The third kappa shape index (κ3) is 6.61. The lowest BCUT2D eigenvalue weighted by atomic mass is 9.97. The van der Waals surface area contributed by atoms with Gasteiger partial charge in [-0.15, -0.1) is 0 Å². The van der Waals surface area contributed by atoms with Crippen molar-refractivity contribution in [3.05, 3.63) is 255 Å². The van der Waals surface area contributed by atoms with Gasteiger partial charge in [0.15, 0.2) is 0 Å². The Morgan fingerprint density at radius 2 is 0.906 bits per heavy atom. The monoisotopic (exact) mass is 824 g/mol. The van der Waals surface area contributed by atoms with Crippen LogP contribution in [0.5, 0.6) is 0 Å². The molecule has 0 N–H and O–H groups in total. The number of anilines is 3. The smallest absolute Gasteiger partial charge is 0.0629 e. The lowest BCUT2D eigenvalue weighted by Crippen LogP contribution is -2.10. The van der Waals surface area contributed by atoms with E-state index in [0.717, 1.165) is 49.9 Å². The quantitative estimate of drug-likeness (QED) is 0.148. The van der Waals surface area contributed by atoms with Gasteiger partial charge in [0.2, 0.25) is 0 Å². The predicted molar refractivity (Wildman–Crippen MR) is 272 cm³/mol. The molecule has 12 aromatic rings. The first-order valence-corrected chi connectivity index (χ1v) is 21.2. The molecule has 0 aliphatic heterocycles. The van der Waals surface area contributed by atoms with Crippen LogP contribution in [0.25, 0.3) is 93.5 Å². The summed E-state index contributed by atoms with van der Waals surface area (Å²) in [5.41, 5.74) is 9.54. The fraction of sp³-hybridized carbons (Fsp3) is 0. The van der Waals surface area contributed by atoms with Crippen molar-refractivity contribution < 1.29 is 13.7 Å². The van der Waals surface area contributed by atoms with Crippen molar-refractivity contribution in [1.82, 2.24) is 4.57 Å². The van der Waals surface area contributed by atoms with Gasteiger partial charge < -0.3 is 9.47 Å². The SMILES string of the molecule is [2H]c1c([2H])c([2H])c(-c2cc(-c3c([2H])c([2H])c([2H])c([2H])c3[2H])cc(N(c3ccccc3)c3ccc(-c4ccc5c6c7ccccc7ccc6n(-c6ccc(-c7cccc8ccccc78)cc6)c5c4)cc3)c2)c([2H])c1[2H]. The van der Waals surface area contributed by atoms with Crippen LogP contribution in [-0.4, -0.2) is 4.57 Å². The molecule has 0 amide bonds. The molecular weight excluding hydrogens is 773 g/mol. The van der Waals surface area contributed by atoms with Crippen LogP contribution in [0.1, 0.15) is 13.7 Å². The average molecular weight is 825 g/mol. The number of hydrogen-bond acceptors (Lipinski definition) is 1. The van der Waals surface area contributed by atoms with Crippen LogP contribution >= 0.6 is 0 Å². The Morgan fingerprint density at radius 1 is 0.328 bits per heavy atom. The highest BCUT2D eigenvalue weighted by molar-refractivity contribution is 6.21. The van der Waals surface area contributed by atoms with Gasteiger partial charge in [-0.05, 0) is 133 Å². The molecule has 0 fully saturated rings. The number of nitrogens with zero attached hydrogens (tertiary/aromatic N) is 2. The molecule has 2 heteroatoms. The van der Waals surface area contributed by atoms with E-state index >= 15 is 0 Å². The van der Waals surface area contributed by atoms with Crippen molar-refractivity contribution in [2.24, 2.45) is 0 Å². The standard InChI is InChI=1S/C62H42N2/c1-4-15-43(16-5-1)50-39-51(44-17-6-2-7-18-44)41-55(40-50)63(52-22-8-3-9-23-52)53-33-27-45(28-34-53)49-31-37-59-61(42-49)64(60-38-32-47-20-11-13-25-58(47)62(59)60)54-35-29-48(30-36-54)57-26-14-21-46-19-10-12-24-56(46)57/h1-42H/i1D,2D,4D,5D,6D,7D,15D,16D,17D,18D. The summed E-state index contributed by atoms with van der Waals surface area (Å²) in [5.74, 6) is 0. The number of fused-ring (bicyclic) bond motifs is 6. The molecule has 1 aromatic heterocycles. The van der Waals surface area contributed by atoms with Gasteiger partial charge in [0.05, 0.1) is 24.7 Å². The molecule has 0 radical (unpaired) electrons. The van der Waals surface area contributed by atoms with E-state index in [1.54, 1.807) is 12.1 Å². The second-order valence-corrected chi connectivity index (χ2v) is 15.8. The molecule has 0 unspecified atom stereocenters. The van der Waals surface area contributed by atoms with E-state index in [1.807, 2.05) is 59.5 Å². The molecule has 2 nitrogen and oxygen atoms in total. The van der Waals surface area contributed by atoms with Gasteiger partial charge in [-0.2, -0.15) is 0 Å². The van der Waals surface area contributed by atoms with Gasteiger partial charge in [-0.1, -0.05) is 188 Å². The molecular formula is C62H42N2. The summed E-state index contributed by atoms with van der Waals surface area (Å²) in [6.45, 7) is 0. The first-order chi connectivity index (χ1) is 35.9. The van der Waals surface area contributed by atoms with Crippen molar-refractivity contribution in [1.29, 1.82) is 0 Å². The van der Waals surface area contributed by atoms with Crippen molar-refractivity contribution in [3.8, 4) is 50.2 Å². The molecule has 12 rings (SSSR count). The minimum Gasteiger partial charge on any atom is -0.310 e. The number of hydrogen-bond donors (Lipinski definition) is 0. The summed E-state index contributed by atoms with van der Waals surface area (Å²) in [6.07, 6.45) is 0. The molecule has 0 saturated heterocycles. The lowest BCUT2D eigenvalue weighted by molar-refractivity contribution is 1.18. The minimum atomic E-state index is -0.544. The zero-order valence-electron chi connectivity index (χ0n) is 44.4. The van der Waals surface area contributed by atoms with Crippen LogP contribution in [0.4, 0.5) is 17.1 Å². The maximum Gasteiger partial charge on any atom is 0.0629 e. The third-order valence-electron chi connectivity index (χ3n) is 12.1. The summed E-state index contributed by atoms with van der Waals surface area (Å²) < 4.78 is 88.8. The summed E-state index contributed by atoms with van der Waals surface area (Å²) in [7, 11) is 0. The molecule has 0 spiro atoms. The van der Waals surface area contributed by atoms with E-state index in [4.69, 9.17) is 13.7 Å². The Kier molecular flexibility index (Phi) is 6.95. The predicted octanol–water partition coefficient (Wildman–Crippen LogP) is 17.2. The Hall–Kier alpha value is -8.46. The fourth-order valence-corrected chi connectivity index (χ4v) is 9.16. The van der Waals surface area contributed by atoms with Gasteiger partial charge in [-0.25, -0.2) is 0 Å². The Bertz CT molecular complexity index is 4100. The Balaban J connectivity index is 1.01. The summed E-state index contributed by atoms with van der Waals surface area (Å²) >= 11 is 0. The van der Waals surface area contributed by atoms with E-state index in [1.165, 1.54) is 33.2 Å². The molecule has 0 aliphatic carbocycles. The van der Waals surface area contributed by atoms with Crippen LogP contribution in [0.15, 0.2) is 255 Å². The maximum absolute atomic E-state index is 8.94. The lowest BCUT2D eigenvalue weighted by Gasteiger charge is -2.27. The fourth-order valence-electron chi connectivity index (χ4n) is 9.16. The van der Waals surface area contributed by atoms with Gasteiger partial charge in [0.25, 0.3) is 0 Å².